The lowest BCUT2D eigenvalue weighted by Gasteiger charge is -2.09. The summed E-state index contributed by atoms with van der Waals surface area (Å²) in [6.07, 6.45) is 0. The Kier molecular flexibility index (Phi) is 10.8. The average molecular weight is 322 g/mol. The van der Waals surface area contributed by atoms with E-state index >= 15 is 0 Å². The molecule has 0 amide bonds. The summed E-state index contributed by atoms with van der Waals surface area (Å²) in [5, 5.41) is 3.97. The third-order valence-corrected chi connectivity index (χ3v) is 2.54. The molecule has 0 aromatic heterocycles. The zero-order valence-corrected chi connectivity index (χ0v) is 14.5. The van der Waals surface area contributed by atoms with Crippen molar-refractivity contribution >= 4 is 17.3 Å². The van der Waals surface area contributed by atoms with Gasteiger partial charge in [-0.25, -0.2) is 4.39 Å². The normalized spacial score (nSPS) is 8.82. The van der Waals surface area contributed by atoms with Crippen molar-refractivity contribution in [1.29, 1.82) is 0 Å². The molecule has 2 rings (SSSR count). The molecule has 0 fully saturated rings. The fourth-order valence-electron chi connectivity index (χ4n) is 1.57. The second-order valence-electron chi connectivity index (χ2n) is 4.47. The van der Waals surface area contributed by atoms with Crippen LogP contribution in [0.15, 0.2) is 60.1 Å². The van der Waals surface area contributed by atoms with Gasteiger partial charge in [0.2, 0.25) is 0 Å². The van der Waals surface area contributed by atoms with E-state index in [0.29, 0.717) is 11.6 Å². The molecule has 2 aromatic carbocycles. The highest BCUT2D eigenvalue weighted by Crippen LogP contribution is 2.14. The third kappa shape index (κ3) is 9.19. The van der Waals surface area contributed by atoms with Gasteiger partial charge in [0.25, 0.3) is 0 Å². The molecule has 120 valence electrons. The molecule has 22 heavy (non-hydrogen) atoms. The summed E-state index contributed by atoms with van der Waals surface area (Å²) in [5.74, 6) is -0.195. The van der Waals surface area contributed by atoms with E-state index in [0.717, 1.165) is 11.3 Å². The summed E-state index contributed by atoms with van der Waals surface area (Å²) in [7, 11) is 0. The number of benzene rings is 2. The highest BCUT2D eigenvalue weighted by Gasteiger charge is 1.97. The average Bonchev–Trinajstić information content (AvgIpc) is 2.50. The Morgan fingerprint density at radius 2 is 1.59 bits per heavy atom. The van der Waals surface area contributed by atoms with Crippen molar-refractivity contribution in [2.24, 2.45) is 0 Å². The lowest BCUT2D eigenvalue weighted by molar-refractivity contribution is 0.627. The maximum atomic E-state index is 12.7. The summed E-state index contributed by atoms with van der Waals surface area (Å²) in [5.41, 5.74) is 3.40. The van der Waals surface area contributed by atoms with Gasteiger partial charge in [0.15, 0.2) is 0 Å². The fourth-order valence-corrected chi connectivity index (χ4v) is 1.57. The Labute approximate surface area is 138 Å². The second kappa shape index (κ2) is 11.8. The van der Waals surface area contributed by atoms with Gasteiger partial charge in [-0.3, -0.25) is 0 Å². The first-order valence-electron chi connectivity index (χ1n) is 7.34. The molecule has 0 aliphatic heterocycles. The van der Waals surface area contributed by atoms with Crippen molar-refractivity contribution in [1.82, 2.24) is 0 Å². The number of halogens is 2. The summed E-state index contributed by atoms with van der Waals surface area (Å²) in [4.78, 5) is 0. The maximum Gasteiger partial charge on any atom is 0.123 e. The zero-order chi connectivity index (χ0) is 17.0. The van der Waals surface area contributed by atoms with E-state index in [1.807, 2.05) is 32.0 Å². The molecular weight excluding hydrogens is 297 g/mol. The first kappa shape index (κ1) is 20.2. The van der Waals surface area contributed by atoms with Crippen LogP contribution in [-0.2, 0) is 6.54 Å². The van der Waals surface area contributed by atoms with E-state index in [2.05, 4.69) is 24.9 Å². The van der Waals surface area contributed by atoms with E-state index in [-0.39, 0.29) is 5.82 Å². The molecule has 0 saturated carbocycles. The van der Waals surface area contributed by atoms with Crippen LogP contribution in [-0.4, -0.2) is 0 Å². The van der Waals surface area contributed by atoms with Gasteiger partial charge in [-0.2, -0.15) is 0 Å². The van der Waals surface area contributed by atoms with Gasteiger partial charge in [0.05, 0.1) is 0 Å². The Morgan fingerprint density at radius 1 is 1.09 bits per heavy atom. The summed E-state index contributed by atoms with van der Waals surface area (Å²) >= 11 is 5.08. The SMILES string of the molecule is C=C(C)Cl.CC.Cc1ccccc1NCc1ccc(F)cc1. The van der Waals surface area contributed by atoms with Crippen LogP contribution in [0.5, 0.6) is 0 Å². The molecule has 0 aliphatic rings. The third-order valence-electron chi connectivity index (χ3n) is 2.54. The largest absolute Gasteiger partial charge is 0.381 e. The van der Waals surface area contributed by atoms with Crippen LogP contribution in [0.1, 0.15) is 31.9 Å². The molecule has 0 bridgehead atoms. The Morgan fingerprint density at radius 3 is 2.09 bits per heavy atom. The van der Waals surface area contributed by atoms with Crippen LogP contribution in [0.25, 0.3) is 0 Å². The molecule has 0 atom stereocenters. The van der Waals surface area contributed by atoms with E-state index in [1.165, 1.54) is 17.7 Å². The molecule has 0 radical (unpaired) electrons. The number of rotatable bonds is 3. The van der Waals surface area contributed by atoms with Crippen molar-refractivity contribution in [3.63, 3.8) is 0 Å². The quantitative estimate of drug-likeness (QED) is 0.677. The zero-order valence-electron chi connectivity index (χ0n) is 13.8. The van der Waals surface area contributed by atoms with Crippen LogP contribution in [0, 0.1) is 12.7 Å². The van der Waals surface area contributed by atoms with Crippen molar-refractivity contribution < 1.29 is 4.39 Å². The number of allylic oxidation sites excluding steroid dienone is 1. The van der Waals surface area contributed by atoms with E-state index in [1.54, 1.807) is 19.1 Å². The van der Waals surface area contributed by atoms with Crippen molar-refractivity contribution in [3.05, 3.63) is 77.1 Å². The van der Waals surface area contributed by atoms with E-state index in [4.69, 9.17) is 11.6 Å². The minimum absolute atomic E-state index is 0.195. The number of aryl methyl sites for hydroxylation is 1. The monoisotopic (exact) mass is 321 g/mol. The van der Waals surface area contributed by atoms with Crippen LogP contribution in [0.2, 0.25) is 0 Å². The van der Waals surface area contributed by atoms with Crippen LogP contribution < -0.4 is 5.32 Å². The van der Waals surface area contributed by atoms with Crippen molar-refractivity contribution in [3.8, 4) is 0 Å². The molecule has 1 nitrogen and oxygen atoms in total. The van der Waals surface area contributed by atoms with Gasteiger partial charge in [0, 0.05) is 17.3 Å². The van der Waals surface area contributed by atoms with Crippen molar-refractivity contribution in [2.45, 2.75) is 34.2 Å². The van der Waals surface area contributed by atoms with Gasteiger partial charge in [-0.05, 0) is 43.2 Å². The minimum atomic E-state index is -0.195. The summed E-state index contributed by atoms with van der Waals surface area (Å²) in [6.45, 7) is 11.8. The second-order valence-corrected chi connectivity index (χ2v) is 5.12. The van der Waals surface area contributed by atoms with Gasteiger partial charge < -0.3 is 5.32 Å². The molecule has 0 spiro atoms. The molecule has 0 saturated heterocycles. The summed E-state index contributed by atoms with van der Waals surface area (Å²) < 4.78 is 12.7. The van der Waals surface area contributed by atoms with Crippen LogP contribution >= 0.6 is 11.6 Å². The molecular formula is C19H25ClFN. The van der Waals surface area contributed by atoms with Crippen LogP contribution in [0.4, 0.5) is 10.1 Å². The van der Waals surface area contributed by atoms with Crippen molar-refractivity contribution in [2.75, 3.05) is 5.32 Å². The van der Waals surface area contributed by atoms with Gasteiger partial charge >= 0.3 is 0 Å². The number of anilines is 1. The van der Waals surface area contributed by atoms with E-state index in [9.17, 15) is 4.39 Å². The first-order chi connectivity index (χ1) is 10.5. The molecule has 1 N–H and O–H groups in total. The molecule has 0 heterocycles. The first-order valence-corrected chi connectivity index (χ1v) is 7.72. The Bertz CT molecular complexity index is 546. The topological polar surface area (TPSA) is 12.0 Å². The number of hydrogen-bond acceptors (Lipinski definition) is 1. The predicted octanol–water partition coefficient (Wildman–Crippen LogP) is 6.53. The predicted molar refractivity (Wildman–Crippen MR) is 96.9 cm³/mol. The van der Waals surface area contributed by atoms with E-state index < -0.39 is 0 Å². The fraction of sp³-hybridized carbons (Fsp3) is 0.263. The number of hydrogen-bond donors (Lipinski definition) is 1. The Hall–Kier alpha value is -1.80. The van der Waals surface area contributed by atoms with Gasteiger partial charge in [-0.15, -0.1) is 0 Å². The van der Waals surface area contributed by atoms with Crippen LogP contribution in [0.3, 0.4) is 0 Å². The smallest absolute Gasteiger partial charge is 0.123 e. The van der Waals surface area contributed by atoms with Gasteiger partial charge in [-0.1, -0.05) is 62.4 Å². The highest BCUT2D eigenvalue weighted by atomic mass is 35.5. The minimum Gasteiger partial charge on any atom is -0.381 e. The number of nitrogens with one attached hydrogen (secondary N) is 1. The molecule has 0 unspecified atom stereocenters. The standard InChI is InChI=1S/C14H14FN.C3H5Cl.C2H6/c1-11-4-2-3-5-14(11)16-10-12-6-8-13(15)9-7-12;1-3(2)4;1-2/h2-9,16H,10H2,1H3;1H2,2H3;1-2H3. The number of para-hydroxylation sites is 1. The van der Waals surface area contributed by atoms with Gasteiger partial charge in [0.1, 0.15) is 5.82 Å². The molecule has 0 aliphatic carbocycles. The Balaban J connectivity index is 0.000000640. The summed E-state index contributed by atoms with van der Waals surface area (Å²) in [6, 6.07) is 14.7. The lowest BCUT2D eigenvalue weighted by Crippen LogP contribution is -2.00. The highest BCUT2D eigenvalue weighted by molar-refractivity contribution is 6.28. The lowest BCUT2D eigenvalue weighted by atomic mass is 10.2. The molecule has 3 heteroatoms. The molecule has 2 aromatic rings. The maximum absolute atomic E-state index is 12.7.